The Hall–Kier alpha value is -2.11. The molecule has 102 valence electrons. The Kier molecular flexibility index (Phi) is 3.69. The highest BCUT2D eigenvalue weighted by atomic mass is 16.2. The summed E-state index contributed by atoms with van der Waals surface area (Å²) in [4.78, 5) is 31.4. The van der Waals surface area contributed by atoms with E-state index in [0.717, 1.165) is 6.42 Å². The van der Waals surface area contributed by atoms with Gasteiger partial charge in [0.2, 0.25) is 5.91 Å². The minimum atomic E-state index is -0.166. The van der Waals surface area contributed by atoms with E-state index in [1.54, 1.807) is 35.9 Å². The van der Waals surface area contributed by atoms with E-state index >= 15 is 0 Å². The highest BCUT2D eigenvalue weighted by molar-refractivity contribution is 5.97. The SMILES string of the molecule is Cc1cc(C(=O)N2CCCN(C)C(=O)C2)cc(N)n1. The topological polar surface area (TPSA) is 79.5 Å². The van der Waals surface area contributed by atoms with E-state index in [9.17, 15) is 9.59 Å². The standard InChI is InChI=1S/C13H18N4O2/c1-9-6-10(7-11(14)15-9)13(19)17-5-3-4-16(2)12(18)8-17/h6-7H,3-5,8H2,1-2H3,(H2,14,15). The van der Waals surface area contributed by atoms with Gasteiger partial charge in [-0.25, -0.2) is 4.98 Å². The van der Waals surface area contributed by atoms with Crippen molar-refractivity contribution in [2.24, 2.45) is 0 Å². The van der Waals surface area contributed by atoms with Crippen LogP contribution < -0.4 is 5.73 Å². The van der Waals surface area contributed by atoms with Crippen molar-refractivity contribution in [3.8, 4) is 0 Å². The second-order valence-electron chi connectivity index (χ2n) is 4.82. The van der Waals surface area contributed by atoms with E-state index in [4.69, 9.17) is 5.73 Å². The van der Waals surface area contributed by atoms with Gasteiger partial charge in [-0.3, -0.25) is 9.59 Å². The lowest BCUT2D eigenvalue weighted by molar-refractivity contribution is -0.129. The number of aryl methyl sites for hydroxylation is 1. The number of nitrogens with two attached hydrogens (primary N) is 1. The average molecular weight is 262 g/mol. The molecule has 1 aliphatic rings. The molecule has 0 atom stereocenters. The number of likely N-dealkylation sites (N-methyl/N-ethyl adjacent to an activating group) is 1. The molecule has 0 bridgehead atoms. The molecule has 2 heterocycles. The van der Waals surface area contributed by atoms with Gasteiger partial charge in [0.1, 0.15) is 12.4 Å². The summed E-state index contributed by atoms with van der Waals surface area (Å²) in [5, 5.41) is 0. The number of carbonyl (C=O) groups is 2. The summed E-state index contributed by atoms with van der Waals surface area (Å²) in [6, 6.07) is 3.24. The summed E-state index contributed by atoms with van der Waals surface area (Å²) in [6.45, 7) is 3.17. The molecular formula is C13H18N4O2. The third-order valence-electron chi connectivity index (χ3n) is 3.18. The molecule has 1 aromatic rings. The van der Waals surface area contributed by atoms with Crippen molar-refractivity contribution in [2.45, 2.75) is 13.3 Å². The van der Waals surface area contributed by atoms with Crippen LogP contribution >= 0.6 is 0 Å². The first-order valence-corrected chi connectivity index (χ1v) is 6.25. The van der Waals surface area contributed by atoms with E-state index in [2.05, 4.69) is 4.98 Å². The highest BCUT2D eigenvalue weighted by Crippen LogP contribution is 2.12. The van der Waals surface area contributed by atoms with Gasteiger partial charge in [-0.1, -0.05) is 0 Å². The van der Waals surface area contributed by atoms with Gasteiger partial charge in [-0.15, -0.1) is 0 Å². The van der Waals surface area contributed by atoms with Gasteiger partial charge < -0.3 is 15.5 Å². The first-order valence-electron chi connectivity index (χ1n) is 6.25. The van der Waals surface area contributed by atoms with Gasteiger partial charge in [0.15, 0.2) is 0 Å². The Morgan fingerprint density at radius 2 is 2.11 bits per heavy atom. The third kappa shape index (κ3) is 3.01. The van der Waals surface area contributed by atoms with Crippen LogP contribution in [0, 0.1) is 6.92 Å². The van der Waals surface area contributed by atoms with Gasteiger partial charge in [0.25, 0.3) is 5.91 Å². The van der Waals surface area contributed by atoms with Crippen molar-refractivity contribution in [2.75, 3.05) is 32.4 Å². The molecule has 1 aliphatic heterocycles. The molecule has 1 fully saturated rings. The number of aromatic nitrogens is 1. The minimum absolute atomic E-state index is 0.0374. The zero-order chi connectivity index (χ0) is 14.0. The molecule has 0 unspecified atom stereocenters. The van der Waals surface area contributed by atoms with E-state index < -0.39 is 0 Å². The predicted octanol–water partition coefficient (Wildman–Crippen LogP) is 0.277. The van der Waals surface area contributed by atoms with E-state index in [-0.39, 0.29) is 18.4 Å². The zero-order valence-corrected chi connectivity index (χ0v) is 11.2. The first kappa shape index (κ1) is 13.3. The maximum Gasteiger partial charge on any atom is 0.254 e. The molecule has 19 heavy (non-hydrogen) atoms. The summed E-state index contributed by atoms with van der Waals surface area (Å²) in [5.74, 6) is 0.118. The summed E-state index contributed by atoms with van der Waals surface area (Å²) in [5.41, 5.74) is 6.83. The number of hydrogen-bond acceptors (Lipinski definition) is 4. The second-order valence-corrected chi connectivity index (χ2v) is 4.82. The van der Waals surface area contributed by atoms with E-state index in [0.29, 0.717) is 30.2 Å². The zero-order valence-electron chi connectivity index (χ0n) is 11.2. The molecule has 0 aromatic carbocycles. The van der Waals surface area contributed by atoms with Crippen molar-refractivity contribution >= 4 is 17.6 Å². The van der Waals surface area contributed by atoms with Crippen LogP contribution in [-0.2, 0) is 4.79 Å². The number of hydrogen-bond donors (Lipinski definition) is 1. The van der Waals surface area contributed by atoms with Crippen LogP contribution in [0.1, 0.15) is 22.5 Å². The van der Waals surface area contributed by atoms with Crippen molar-refractivity contribution in [3.63, 3.8) is 0 Å². The maximum absolute atomic E-state index is 12.4. The fraction of sp³-hybridized carbons (Fsp3) is 0.462. The second kappa shape index (κ2) is 5.26. The predicted molar refractivity (Wildman–Crippen MR) is 71.5 cm³/mol. The maximum atomic E-state index is 12.4. The number of pyridine rings is 1. The van der Waals surface area contributed by atoms with Crippen molar-refractivity contribution in [1.82, 2.24) is 14.8 Å². The van der Waals surface area contributed by atoms with Crippen LogP contribution in [0.5, 0.6) is 0 Å². The van der Waals surface area contributed by atoms with Crippen LogP contribution in [0.4, 0.5) is 5.82 Å². The van der Waals surface area contributed by atoms with Crippen LogP contribution in [0.15, 0.2) is 12.1 Å². The van der Waals surface area contributed by atoms with E-state index in [1.165, 1.54) is 0 Å². The quantitative estimate of drug-likeness (QED) is 0.788. The summed E-state index contributed by atoms with van der Waals surface area (Å²) < 4.78 is 0. The molecule has 2 amide bonds. The number of carbonyl (C=O) groups excluding carboxylic acids is 2. The normalized spacial score (nSPS) is 16.4. The Morgan fingerprint density at radius 3 is 2.79 bits per heavy atom. The van der Waals surface area contributed by atoms with Gasteiger partial charge >= 0.3 is 0 Å². The lowest BCUT2D eigenvalue weighted by Gasteiger charge is -2.20. The molecule has 1 saturated heterocycles. The van der Waals surface area contributed by atoms with E-state index in [1.807, 2.05) is 0 Å². The Bertz CT molecular complexity index is 495. The van der Waals surface area contributed by atoms with Gasteiger partial charge in [-0.05, 0) is 25.5 Å². The molecule has 0 spiro atoms. The molecule has 0 aliphatic carbocycles. The molecule has 2 N–H and O–H groups in total. The molecule has 6 nitrogen and oxygen atoms in total. The van der Waals surface area contributed by atoms with Crippen LogP contribution in [0.2, 0.25) is 0 Å². The smallest absolute Gasteiger partial charge is 0.254 e. The molecule has 1 aromatic heterocycles. The summed E-state index contributed by atoms with van der Waals surface area (Å²) in [7, 11) is 1.75. The van der Waals surface area contributed by atoms with Crippen LogP contribution in [0.3, 0.4) is 0 Å². The lowest BCUT2D eigenvalue weighted by atomic mass is 10.2. The Morgan fingerprint density at radius 1 is 1.37 bits per heavy atom. The Labute approximate surface area is 112 Å². The fourth-order valence-electron chi connectivity index (χ4n) is 2.16. The summed E-state index contributed by atoms with van der Waals surface area (Å²) in [6.07, 6.45) is 0.785. The molecule has 0 radical (unpaired) electrons. The summed E-state index contributed by atoms with van der Waals surface area (Å²) >= 11 is 0. The molecule has 6 heteroatoms. The van der Waals surface area contributed by atoms with Crippen molar-refractivity contribution < 1.29 is 9.59 Å². The molecule has 0 saturated carbocycles. The average Bonchev–Trinajstić information content (AvgIpc) is 2.50. The monoisotopic (exact) mass is 262 g/mol. The van der Waals surface area contributed by atoms with Crippen molar-refractivity contribution in [3.05, 3.63) is 23.4 Å². The number of anilines is 1. The van der Waals surface area contributed by atoms with Crippen LogP contribution in [-0.4, -0.2) is 53.3 Å². The highest BCUT2D eigenvalue weighted by Gasteiger charge is 2.24. The number of nitrogens with zero attached hydrogens (tertiary/aromatic N) is 3. The number of nitrogen functional groups attached to an aromatic ring is 1. The Balaban J connectivity index is 2.21. The fourth-order valence-corrected chi connectivity index (χ4v) is 2.16. The van der Waals surface area contributed by atoms with Gasteiger partial charge in [-0.2, -0.15) is 0 Å². The minimum Gasteiger partial charge on any atom is -0.384 e. The van der Waals surface area contributed by atoms with Gasteiger partial charge in [0, 0.05) is 31.4 Å². The lowest BCUT2D eigenvalue weighted by Crippen LogP contribution is -2.38. The number of amides is 2. The molecular weight excluding hydrogens is 244 g/mol. The van der Waals surface area contributed by atoms with Crippen molar-refractivity contribution in [1.29, 1.82) is 0 Å². The third-order valence-corrected chi connectivity index (χ3v) is 3.18. The first-order chi connectivity index (χ1) is 8.97. The van der Waals surface area contributed by atoms with Crippen LogP contribution in [0.25, 0.3) is 0 Å². The van der Waals surface area contributed by atoms with Gasteiger partial charge in [0.05, 0.1) is 0 Å². The molecule has 2 rings (SSSR count). The largest absolute Gasteiger partial charge is 0.384 e. The number of rotatable bonds is 1.